The van der Waals surface area contributed by atoms with E-state index in [1.807, 2.05) is 13.8 Å². The molecule has 6 nitrogen and oxygen atoms in total. The molecule has 0 radical (unpaired) electrons. The van der Waals surface area contributed by atoms with Crippen LogP contribution in [0.5, 0.6) is 0 Å². The second kappa shape index (κ2) is 5.11. The largest absolute Gasteiger partial charge is 0.469 e. The van der Waals surface area contributed by atoms with E-state index in [9.17, 15) is 25.5 Å². The molecule has 1 aromatic heterocycles. The van der Waals surface area contributed by atoms with Gasteiger partial charge in [0.25, 0.3) is 0 Å². The molecule has 4 rings (SSSR count). The average Bonchev–Trinajstić information content (AvgIpc) is 3.03. The molecule has 146 valence electrons. The monoisotopic (exact) mass is 366 g/mol. The molecule has 0 amide bonds. The highest BCUT2D eigenvalue weighted by atomic mass is 16.4. The van der Waals surface area contributed by atoms with Crippen molar-refractivity contribution in [2.45, 2.75) is 76.5 Å². The van der Waals surface area contributed by atoms with Gasteiger partial charge in [-0.25, -0.2) is 0 Å². The van der Waals surface area contributed by atoms with Gasteiger partial charge in [-0.1, -0.05) is 20.8 Å². The summed E-state index contributed by atoms with van der Waals surface area (Å²) in [7, 11) is 0. The molecule has 5 N–H and O–H groups in total. The summed E-state index contributed by atoms with van der Waals surface area (Å²) in [6, 6.07) is 1.69. The van der Waals surface area contributed by atoms with Crippen LogP contribution in [0.3, 0.4) is 0 Å². The molecule has 1 aromatic rings. The van der Waals surface area contributed by atoms with Crippen LogP contribution >= 0.6 is 0 Å². The third-order valence-corrected chi connectivity index (χ3v) is 8.26. The summed E-state index contributed by atoms with van der Waals surface area (Å²) in [5.41, 5.74) is -4.34. The molecule has 2 saturated carbocycles. The van der Waals surface area contributed by atoms with E-state index in [4.69, 9.17) is 4.42 Å². The standard InChI is InChI=1S/C20H30O6/c1-17(2)7-5-13(21)18(3)11-9-12-10(6-8-26-12)19(4,24)14(11)15(22)16(23)20(17,18)25/h6,8,11,13-16,21-25H,5,7,9H2,1-4H3/t11-,13?,14-,15?,16?,18-,19+,20+/m0/s1. The van der Waals surface area contributed by atoms with Crippen molar-refractivity contribution in [3.05, 3.63) is 23.7 Å². The molecule has 26 heavy (non-hydrogen) atoms. The first-order valence-corrected chi connectivity index (χ1v) is 9.46. The minimum atomic E-state index is -1.70. The Hall–Kier alpha value is -0.920. The minimum absolute atomic E-state index is 0.388. The van der Waals surface area contributed by atoms with Gasteiger partial charge in [-0.2, -0.15) is 0 Å². The summed E-state index contributed by atoms with van der Waals surface area (Å²) in [6.07, 6.45) is -0.732. The summed E-state index contributed by atoms with van der Waals surface area (Å²) >= 11 is 0. The maximum absolute atomic E-state index is 11.8. The molecule has 0 aliphatic heterocycles. The predicted octanol–water partition coefficient (Wildman–Crippen LogP) is 0.929. The van der Waals surface area contributed by atoms with Gasteiger partial charge in [-0.15, -0.1) is 0 Å². The summed E-state index contributed by atoms with van der Waals surface area (Å²) < 4.78 is 5.58. The lowest BCUT2D eigenvalue weighted by Gasteiger charge is -2.70. The summed E-state index contributed by atoms with van der Waals surface area (Å²) in [4.78, 5) is 0. The van der Waals surface area contributed by atoms with Crippen molar-refractivity contribution in [3.63, 3.8) is 0 Å². The highest BCUT2D eigenvalue weighted by molar-refractivity contribution is 5.35. The van der Waals surface area contributed by atoms with Crippen molar-refractivity contribution in [3.8, 4) is 0 Å². The van der Waals surface area contributed by atoms with E-state index in [-0.39, 0.29) is 0 Å². The molecular formula is C20H30O6. The van der Waals surface area contributed by atoms with Gasteiger partial charge in [0.1, 0.15) is 17.5 Å². The molecule has 3 aliphatic carbocycles. The molecule has 0 spiro atoms. The van der Waals surface area contributed by atoms with Gasteiger partial charge in [0.2, 0.25) is 0 Å². The normalized spacial score (nSPS) is 52.7. The Morgan fingerprint density at radius 2 is 1.73 bits per heavy atom. The van der Waals surface area contributed by atoms with Crippen LogP contribution in [0.4, 0.5) is 0 Å². The van der Waals surface area contributed by atoms with Crippen LogP contribution in [0.1, 0.15) is 51.9 Å². The van der Waals surface area contributed by atoms with E-state index in [1.165, 1.54) is 6.26 Å². The lowest BCUT2D eigenvalue weighted by Crippen LogP contribution is -2.80. The van der Waals surface area contributed by atoms with Gasteiger partial charge in [-0.3, -0.25) is 0 Å². The topological polar surface area (TPSA) is 114 Å². The third kappa shape index (κ3) is 1.80. The van der Waals surface area contributed by atoms with Gasteiger partial charge in [-0.05, 0) is 37.2 Å². The van der Waals surface area contributed by atoms with Gasteiger partial charge >= 0.3 is 0 Å². The Labute approximate surface area is 153 Å². The molecule has 1 heterocycles. The summed E-state index contributed by atoms with van der Waals surface area (Å²) in [5, 5.41) is 56.2. The van der Waals surface area contributed by atoms with Crippen molar-refractivity contribution in [1.29, 1.82) is 0 Å². The fourth-order valence-electron chi connectivity index (χ4n) is 6.67. The Kier molecular flexibility index (Phi) is 3.63. The summed E-state index contributed by atoms with van der Waals surface area (Å²) in [5.74, 6) is -0.565. The lowest BCUT2D eigenvalue weighted by atomic mass is 9.38. The summed E-state index contributed by atoms with van der Waals surface area (Å²) in [6.45, 7) is 7.14. The predicted molar refractivity (Wildman–Crippen MR) is 93.1 cm³/mol. The second-order valence-corrected chi connectivity index (χ2v) is 9.66. The molecule has 0 aromatic carbocycles. The van der Waals surface area contributed by atoms with Crippen LogP contribution in [0, 0.1) is 22.7 Å². The zero-order valence-corrected chi connectivity index (χ0v) is 15.8. The number of aliphatic hydroxyl groups is 5. The molecular weight excluding hydrogens is 336 g/mol. The Morgan fingerprint density at radius 1 is 1.08 bits per heavy atom. The zero-order chi connectivity index (χ0) is 19.3. The molecule has 3 aliphatic rings. The quantitative estimate of drug-likeness (QED) is 0.467. The van der Waals surface area contributed by atoms with E-state index in [0.29, 0.717) is 30.6 Å². The zero-order valence-electron chi connectivity index (χ0n) is 15.8. The molecule has 6 heteroatoms. The molecule has 2 fully saturated rings. The van der Waals surface area contributed by atoms with Crippen LogP contribution in [-0.4, -0.2) is 49.4 Å². The van der Waals surface area contributed by atoms with Crippen molar-refractivity contribution >= 4 is 0 Å². The van der Waals surface area contributed by atoms with Crippen LogP contribution in [0.15, 0.2) is 16.7 Å². The van der Waals surface area contributed by atoms with Gasteiger partial charge in [0.15, 0.2) is 0 Å². The van der Waals surface area contributed by atoms with Gasteiger partial charge in [0.05, 0.1) is 24.1 Å². The van der Waals surface area contributed by atoms with Gasteiger partial charge < -0.3 is 29.9 Å². The highest BCUT2D eigenvalue weighted by Gasteiger charge is 2.75. The first-order valence-electron chi connectivity index (χ1n) is 9.46. The fraction of sp³-hybridized carbons (Fsp3) is 0.800. The van der Waals surface area contributed by atoms with Crippen LogP contribution < -0.4 is 0 Å². The van der Waals surface area contributed by atoms with E-state index in [1.54, 1.807) is 19.9 Å². The minimum Gasteiger partial charge on any atom is -0.469 e. The van der Waals surface area contributed by atoms with E-state index in [0.717, 1.165) is 0 Å². The Morgan fingerprint density at radius 3 is 2.38 bits per heavy atom. The Bertz CT molecular complexity index is 724. The van der Waals surface area contributed by atoms with Crippen molar-refractivity contribution in [2.75, 3.05) is 0 Å². The Balaban J connectivity index is 1.97. The number of aliphatic hydroxyl groups excluding tert-OH is 3. The molecule has 0 saturated heterocycles. The van der Waals surface area contributed by atoms with Crippen molar-refractivity contribution in [1.82, 2.24) is 0 Å². The molecule has 8 atom stereocenters. The molecule has 3 unspecified atom stereocenters. The van der Waals surface area contributed by atoms with Crippen LogP contribution in [-0.2, 0) is 12.0 Å². The van der Waals surface area contributed by atoms with Gasteiger partial charge in [0, 0.05) is 23.3 Å². The number of furan rings is 1. The lowest BCUT2D eigenvalue weighted by molar-refractivity contribution is -0.348. The number of hydrogen-bond acceptors (Lipinski definition) is 6. The maximum atomic E-state index is 11.8. The highest BCUT2D eigenvalue weighted by Crippen LogP contribution is 2.67. The first-order chi connectivity index (χ1) is 11.9. The van der Waals surface area contributed by atoms with Crippen molar-refractivity contribution in [2.24, 2.45) is 22.7 Å². The van der Waals surface area contributed by atoms with E-state index >= 15 is 0 Å². The average molecular weight is 366 g/mol. The smallest absolute Gasteiger partial charge is 0.110 e. The maximum Gasteiger partial charge on any atom is 0.110 e. The third-order valence-electron chi connectivity index (χ3n) is 8.26. The van der Waals surface area contributed by atoms with Crippen LogP contribution in [0.2, 0.25) is 0 Å². The number of hydrogen-bond donors (Lipinski definition) is 5. The fourth-order valence-corrected chi connectivity index (χ4v) is 6.67. The second-order valence-electron chi connectivity index (χ2n) is 9.66. The number of rotatable bonds is 0. The first kappa shape index (κ1) is 18.4. The van der Waals surface area contributed by atoms with E-state index in [2.05, 4.69) is 0 Å². The van der Waals surface area contributed by atoms with E-state index < -0.39 is 52.2 Å². The SMILES string of the molecule is CC1(C)CCC(O)[C@]2(C)[C@H]3Cc4occc4[C@@](C)(O)[C@@H]3C(O)C(O)[C@@]12O. The van der Waals surface area contributed by atoms with Crippen molar-refractivity contribution < 1.29 is 29.9 Å². The molecule has 0 bridgehead atoms. The van der Waals surface area contributed by atoms with Crippen LogP contribution in [0.25, 0.3) is 0 Å². The number of fused-ring (bicyclic) bond motifs is 4.